The molecule has 0 aliphatic heterocycles. The lowest BCUT2D eigenvalue weighted by Crippen LogP contribution is -1.92. The van der Waals surface area contributed by atoms with Crippen molar-refractivity contribution in [3.05, 3.63) is 42.9 Å². The minimum atomic E-state index is 0.683. The quantitative estimate of drug-likeness (QED) is 0.660. The van der Waals surface area contributed by atoms with Gasteiger partial charge < -0.3 is 5.73 Å². The molecule has 3 heterocycles. The van der Waals surface area contributed by atoms with Crippen molar-refractivity contribution in [3.8, 4) is 11.4 Å². The van der Waals surface area contributed by atoms with E-state index in [1.165, 1.54) is 0 Å². The highest BCUT2D eigenvalue weighted by Crippen LogP contribution is 2.18. The topological polar surface area (TPSA) is 69.1 Å². The molecular formula is C11H9N5. The molecule has 0 saturated carbocycles. The summed E-state index contributed by atoms with van der Waals surface area (Å²) in [6.07, 6.45) is 5.26. The lowest BCUT2D eigenvalue weighted by Gasteiger charge is -2.00. The number of hydrogen-bond acceptors (Lipinski definition) is 4. The van der Waals surface area contributed by atoms with E-state index >= 15 is 0 Å². The summed E-state index contributed by atoms with van der Waals surface area (Å²) < 4.78 is 1.87. The van der Waals surface area contributed by atoms with E-state index in [0.717, 1.165) is 17.0 Å². The Morgan fingerprint density at radius 3 is 2.62 bits per heavy atom. The summed E-state index contributed by atoms with van der Waals surface area (Å²) in [4.78, 5) is 3.97. The summed E-state index contributed by atoms with van der Waals surface area (Å²) in [5.74, 6) is 0.768. The largest absolute Gasteiger partial charge is 0.398 e. The molecule has 3 aromatic heterocycles. The van der Waals surface area contributed by atoms with Crippen LogP contribution in [0.25, 0.3) is 17.0 Å². The third-order valence-corrected chi connectivity index (χ3v) is 2.36. The van der Waals surface area contributed by atoms with E-state index < -0.39 is 0 Å². The first-order chi connectivity index (χ1) is 7.84. The van der Waals surface area contributed by atoms with Gasteiger partial charge in [-0.1, -0.05) is 0 Å². The molecule has 0 aliphatic carbocycles. The zero-order valence-corrected chi connectivity index (χ0v) is 8.41. The lowest BCUT2D eigenvalue weighted by molar-refractivity contribution is 1.11. The van der Waals surface area contributed by atoms with Crippen LogP contribution in [0.15, 0.2) is 42.9 Å². The molecule has 0 aliphatic rings. The molecule has 0 fully saturated rings. The molecule has 78 valence electrons. The molecule has 5 nitrogen and oxygen atoms in total. The number of aromatic nitrogens is 4. The Morgan fingerprint density at radius 1 is 1.00 bits per heavy atom. The zero-order valence-electron chi connectivity index (χ0n) is 8.41. The van der Waals surface area contributed by atoms with Crippen LogP contribution in [0.1, 0.15) is 0 Å². The Morgan fingerprint density at radius 2 is 1.81 bits per heavy atom. The van der Waals surface area contributed by atoms with Crippen molar-refractivity contribution in [2.24, 2.45) is 0 Å². The Balaban J connectivity index is 2.29. The van der Waals surface area contributed by atoms with E-state index in [9.17, 15) is 0 Å². The zero-order chi connectivity index (χ0) is 11.0. The van der Waals surface area contributed by atoms with Gasteiger partial charge in [0.1, 0.15) is 0 Å². The van der Waals surface area contributed by atoms with E-state index in [4.69, 9.17) is 5.73 Å². The minimum absolute atomic E-state index is 0.683. The number of nitrogens with two attached hydrogens (primary N) is 1. The van der Waals surface area contributed by atoms with Crippen LogP contribution in [-0.4, -0.2) is 19.6 Å². The highest BCUT2D eigenvalue weighted by atomic mass is 15.2. The normalized spacial score (nSPS) is 10.8. The number of pyridine rings is 2. The van der Waals surface area contributed by atoms with Gasteiger partial charge in [0.2, 0.25) is 0 Å². The highest BCUT2D eigenvalue weighted by molar-refractivity contribution is 5.60. The Hall–Kier alpha value is -2.43. The average Bonchev–Trinajstić information content (AvgIpc) is 2.73. The van der Waals surface area contributed by atoms with Crippen LogP contribution < -0.4 is 5.73 Å². The standard InChI is InChI=1S/C11H9N5/c12-9-1-2-10-14-15-11(16(10)7-9)8-3-5-13-6-4-8/h1-7H,12H2. The molecule has 5 heteroatoms. The van der Waals surface area contributed by atoms with Gasteiger partial charge in [-0.15, -0.1) is 10.2 Å². The van der Waals surface area contributed by atoms with Crippen molar-refractivity contribution < 1.29 is 0 Å². The van der Waals surface area contributed by atoms with E-state index in [1.807, 2.05) is 28.8 Å². The van der Waals surface area contributed by atoms with E-state index in [2.05, 4.69) is 15.2 Å². The minimum Gasteiger partial charge on any atom is -0.398 e. The molecule has 0 atom stereocenters. The molecule has 0 aromatic carbocycles. The summed E-state index contributed by atoms with van der Waals surface area (Å²) in [7, 11) is 0. The molecule has 2 N–H and O–H groups in total. The fourth-order valence-electron chi connectivity index (χ4n) is 1.61. The fraction of sp³-hybridized carbons (Fsp3) is 0. The van der Waals surface area contributed by atoms with Gasteiger partial charge in [-0.05, 0) is 24.3 Å². The summed E-state index contributed by atoms with van der Waals surface area (Å²) in [6.45, 7) is 0. The Bertz CT molecular complexity index is 629. The molecule has 3 aromatic rings. The second-order valence-electron chi connectivity index (χ2n) is 3.45. The van der Waals surface area contributed by atoms with E-state index in [1.54, 1.807) is 18.5 Å². The maximum atomic E-state index is 5.74. The summed E-state index contributed by atoms with van der Waals surface area (Å²) in [5, 5.41) is 8.21. The SMILES string of the molecule is Nc1ccc2nnc(-c3ccncc3)n2c1. The van der Waals surface area contributed by atoms with Crippen molar-refractivity contribution in [3.63, 3.8) is 0 Å². The van der Waals surface area contributed by atoms with Crippen molar-refractivity contribution >= 4 is 11.3 Å². The van der Waals surface area contributed by atoms with Crippen LogP contribution in [-0.2, 0) is 0 Å². The second kappa shape index (κ2) is 3.30. The monoisotopic (exact) mass is 211 g/mol. The van der Waals surface area contributed by atoms with Gasteiger partial charge in [-0.2, -0.15) is 0 Å². The molecule has 0 unspecified atom stereocenters. The number of anilines is 1. The predicted octanol–water partition coefficient (Wildman–Crippen LogP) is 1.37. The van der Waals surface area contributed by atoms with Crippen molar-refractivity contribution in [1.29, 1.82) is 0 Å². The van der Waals surface area contributed by atoms with Gasteiger partial charge in [-0.25, -0.2) is 0 Å². The maximum absolute atomic E-state index is 5.74. The first kappa shape index (κ1) is 8.84. The Labute approximate surface area is 91.6 Å². The van der Waals surface area contributed by atoms with Crippen LogP contribution in [0.2, 0.25) is 0 Å². The van der Waals surface area contributed by atoms with Gasteiger partial charge in [0.15, 0.2) is 11.5 Å². The smallest absolute Gasteiger partial charge is 0.168 e. The van der Waals surface area contributed by atoms with Crippen LogP contribution in [0, 0.1) is 0 Å². The fourth-order valence-corrected chi connectivity index (χ4v) is 1.61. The first-order valence-electron chi connectivity index (χ1n) is 4.85. The highest BCUT2D eigenvalue weighted by Gasteiger charge is 2.06. The Kier molecular flexibility index (Phi) is 1.83. The van der Waals surface area contributed by atoms with Crippen molar-refractivity contribution in [2.45, 2.75) is 0 Å². The molecule has 0 bridgehead atoms. The summed E-state index contributed by atoms with van der Waals surface area (Å²) in [5.41, 5.74) is 8.17. The number of rotatable bonds is 1. The predicted molar refractivity (Wildman–Crippen MR) is 60.6 cm³/mol. The lowest BCUT2D eigenvalue weighted by atomic mass is 10.2. The van der Waals surface area contributed by atoms with Gasteiger partial charge in [0.25, 0.3) is 0 Å². The van der Waals surface area contributed by atoms with Gasteiger partial charge in [-0.3, -0.25) is 9.38 Å². The molecule has 0 amide bonds. The molecule has 0 spiro atoms. The first-order valence-corrected chi connectivity index (χ1v) is 4.85. The average molecular weight is 211 g/mol. The van der Waals surface area contributed by atoms with Gasteiger partial charge in [0.05, 0.1) is 0 Å². The summed E-state index contributed by atoms with van der Waals surface area (Å²) >= 11 is 0. The molecule has 0 saturated heterocycles. The van der Waals surface area contributed by atoms with Crippen LogP contribution in [0.5, 0.6) is 0 Å². The maximum Gasteiger partial charge on any atom is 0.168 e. The van der Waals surface area contributed by atoms with Crippen LogP contribution in [0.4, 0.5) is 5.69 Å². The summed E-state index contributed by atoms with van der Waals surface area (Å²) in [6, 6.07) is 7.42. The van der Waals surface area contributed by atoms with Gasteiger partial charge >= 0.3 is 0 Å². The number of nitrogens with zero attached hydrogens (tertiary/aromatic N) is 4. The number of nitrogen functional groups attached to an aromatic ring is 1. The molecule has 3 rings (SSSR count). The van der Waals surface area contributed by atoms with E-state index in [-0.39, 0.29) is 0 Å². The van der Waals surface area contributed by atoms with Crippen molar-refractivity contribution in [2.75, 3.05) is 5.73 Å². The number of fused-ring (bicyclic) bond motifs is 1. The molecule has 16 heavy (non-hydrogen) atoms. The van der Waals surface area contributed by atoms with E-state index in [0.29, 0.717) is 5.69 Å². The third kappa shape index (κ3) is 1.30. The molecule has 0 radical (unpaired) electrons. The second-order valence-corrected chi connectivity index (χ2v) is 3.45. The van der Waals surface area contributed by atoms with Crippen LogP contribution >= 0.6 is 0 Å². The third-order valence-electron chi connectivity index (χ3n) is 2.36. The van der Waals surface area contributed by atoms with Gasteiger partial charge in [0, 0.05) is 29.8 Å². The molecular weight excluding hydrogens is 202 g/mol. The number of hydrogen-bond donors (Lipinski definition) is 1. The van der Waals surface area contributed by atoms with Crippen molar-refractivity contribution in [1.82, 2.24) is 19.6 Å². The van der Waals surface area contributed by atoms with Crippen LogP contribution in [0.3, 0.4) is 0 Å².